The molecule has 4 N–H and O–H groups in total. The molecular weight excluding hydrogens is 392 g/mol. The van der Waals surface area contributed by atoms with Gasteiger partial charge in [-0.25, -0.2) is 9.67 Å². The van der Waals surface area contributed by atoms with E-state index in [1.165, 1.54) is 11.3 Å². The molecule has 0 aliphatic carbocycles. The van der Waals surface area contributed by atoms with Crippen molar-refractivity contribution >= 4 is 38.8 Å². The number of fused-ring (bicyclic) bond motifs is 1. The van der Waals surface area contributed by atoms with Crippen LogP contribution < -0.4 is 16.4 Å². The lowest BCUT2D eigenvalue weighted by molar-refractivity contribution is 0.0856. The van der Waals surface area contributed by atoms with Gasteiger partial charge in [0.05, 0.1) is 36.5 Å². The smallest absolute Gasteiger partial charge is 0.260 e. The molecule has 4 rings (SSSR count). The average Bonchev–Trinajstić information content (AvgIpc) is 3.33. The molecule has 29 heavy (non-hydrogen) atoms. The van der Waals surface area contributed by atoms with Crippen molar-refractivity contribution in [1.29, 1.82) is 0 Å². The highest BCUT2D eigenvalue weighted by molar-refractivity contribution is 7.21. The second-order valence-corrected chi connectivity index (χ2v) is 8.27. The van der Waals surface area contributed by atoms with E-state index in [4.69, 9.17) is 16.2 Å². The van der Waals surface area contributed by atoms with Gasteiger partial charge in [0.25, 0.3) is 5.91 Å². The predicted octanol–water partition coefficient (Wildman–Crippen LogP) is 1.21. The summed E-state index contributed by atoms with van der Waals surface area (Å²) in [4.78, 5) is 19.7. The van der Waals surface area contributed by atoms with E-state index in [2.05, 4.69) is 25.4 Å². The zero-order valence-corrected chi connectivity index (χ0v) is 17.1. The molecule has 10 nitrogen and oxygen atoms in total. The first kappa shape index (κ1) is 19.5. The molecule has 11 heteroatoms. The average molecular weight is 417 g/mol. The number of tetrazole rings is 1. The van der Waals surface area contributed by atoms with Crippen LogP contribution in [0, 0.1) is 12.8 Å². The van der Waals surface area contributed by atoms with Gasteiger partial charge < -0.3 is 21.1 Å². The molecule has 1 fully saturated rings. The first-order valence-corrected chi connectivity index (χ1v) is 10.4. The fourth-order valence-electron chi connectivity index (χ4n) is 3.76. The monoisotopic (exact) mass is 416 g/mol. The lowest BCUT2D eigenvalue weighted by Gasteiger charge is -2.35. The molecule has 1 aliphatic heterocycles. The molecule has 1 amide bonds. The number of anilines is 2. The van der Waals surface area contributed by atoms with Crippen molar-refractivity contribution in [3.63, 3.8) is 0 Å². The van der Waals surface area contributed by atoms with Crippen LogP contribution in [-0.4, -0.2) is 57.4 Å². The standard InChI is InChI=1S/C18H24N8O2S/c1-11-7-13(14-15(19)16(17(20)27)29-18(14)22-11)25-4-2-3-12(8-25)9-28-6-5-26-10-21-23-24-26/h7,10,12H,2-6,8-9,19H2,1H3,(H2,20,27)/t12-/m0/s1. The molecule has 0 bridgehead atoms. The largest absolute Gasteiger partial charge is 0.397 e. The summed E-state index contributed by atoms with van der Waals surface area (Å²) in [5.74, 6) is -0.0989. The summed E-state index contributed by atoms with van der Waals surface area (Å²) in [6.45, 7) is 5.63. The number of pyridine rings is 1. The van der Waals surface area contributed by atoms with Crippen LogP contribution >= 0.6 is 11.3 Å². The Morgan fingerprint density at radius 1 is 1.45 bits per heavy atom. The van der Waals surface area contributed by atoms with E-state index in [0.29, 0.717) is 36.2 Å². The Morgan fingerprint density at radius 3 is 3.07 bits per heavy atom. The number of carbonyl (C=O) groups is 1. The Labute approximate surface area is 171 Å². The van der Waals surface area contributed by atoms with E-state index in [1.807, 2.05) is 13.0 Å². The van der Waals surface area contributed by atoms with Crippen LogP contribution in [0.5, 0.6) is 0 Å². The van der Waals surface area contributed by atoms with Crippen LogP contribution in [0.25, 0.3) is 10.2 Å². The third kappa shape index (κ3) is 4.15. The summed E-state index contributed by atoms with van der Waals surface area (Å²) in [5, 5.41) is 11.9. The SMILES string of the molecule is Cc1cc(N2CCC[C@H](COCCn3cnnn3)C2)c2c(N)c(C(N)=O)sc2n1. The van der Waals surface area contributed by atoms with Gasteiger partial charge in [0.15, 0.2) is 0 Å². The fourth-order valence-corrected chi connectivity index (χ4v) is 4.78. The van der Waals surface area contributed by atoms with Gasteiger partial charge in [0.1, 0.15) is 16.0 Å². The zero-order valence-electron chi connectivity index (χ0n) is 16.2. The van der Waals surface area contributed by atoms with Gasteiger partial charge in [0.2, 0.25) is 0 Å². The minimum Gasteiger partial charge on any atom is -0.397 e. The van der Waals surface area contributed by atoms with Crippen molar-refractivity contribution in [1.82, 2.24) is 25.2 Å². The number of nitrogen functional groups attached to an aromatic ring is 1. The Morgan fingerprint density at radius 2 is 2.31 bits per heavy atom. The summed E-state index contributed by atoms with van der Waals surface area (Å²) in [6, 6.07) is 2.04. The van der Waals surface area contributed by atoms with Crippen molar-refractivity contribution in [2.75, 3.05) is 36.9 Å². The number of nitrogens with two attached hydrogens (primary N) is 2. The first-order chi connectivity index (χ1) is 14.0. The fraction of sp³-hybridized carbons (Fsp3) is 0.500. The Bertz CT molecular complexity index is 1000. The van der Waals surface area contributed by atoms with Crippen LogP contribution in [-0.2, 0) is 11.3 Å². The van der Waals surface area contributed by atoms with Gasteiger partial charge in [-0.15, -0.1) is 16.4 Å². The Balaban J connectivity index is 1.47. The number of nitrogens with zero attached hydrogens (tertiary/aromatic N) is 6. The highest BCUT2D eigenvalue weighted by Gasteiger charge is 2.25. The highest BCUT2D eigenvalue weighted by Crippen LogP contribution is 2.40. The quantitative estimate of drug-likeness (QED) is 0.548. The predicted molar refractivity (Wildman–Crippen MR) is 111 cm³/mol. The minimum atomic E-state index is -0.512. The molecule has 3 aromatic heterocycles. The summed E-state index contributed by atoms with van der Waals surface area (Å²) in [6.07, 6.45) is 3.76. The second-order valence-electron chi connectivity index (χ2n) is 7.27. The summed E-state index contributed by atoms with van der Waals surface area (Å²) >= 11 is 1.26. The number of ether oxygens (including phenoxy) is 1. The zero-order chi connectivity index (χ0) is 20.4. The van der Waals surface area contributed by atoms with Crippen molar-refractivity contribution in [2.24, 2.45) is 11.7 Å². The number of aryl methyl sites for hydroxylation is 1. The molecule has 0 spiro atoms. The number of piperidine rings is 1. The van der Waals surface area contributed by atoms with E-state index in [-0.39, 0.29) is 0 Å². The van der Waals surface area contributed by atoms with Gasteiger partial charge in [0, 0.05) is 18.8 Å². The second kappa shape index (κ2) is 8.29. The van der Waals surface area contributed by atoms with Crippen molar-refractivity contribution in [3.05, 3.63) is 23.0 Å². The molecule has 3 aromatic rings. The number of carbonyl (C=O) groups excluding carboxylic acids is 1. The number of rotatable bonds is 7. The maximum absolute atomic E-state index is 11.7. The molecule has 4 heterocycles. The lowest BCUT2D eigenvalue weighted by Crippen LogP contribution is -2.37. The maximum atomic E-state index is 11.7. The van der Waals surface area contributed by atoms with Crippen LogP contribution in [0.2, 0.25) is 0 Å². The number of aromatic nitrogens is 5. The first-order valence-electron chi connectivity index (χ1n) is 9.56. The summed E-state index contributed by atoms with van der Waals surface area (Å²) < 4.78 is 7.51. The van der Waals surface area contributed by atoms with Crippen LogP contribution in [0.1, 0.15) is 28.2 Å². The van der Waals surface area contributed by atoms with Gasteiger partial charge in [-0.3, -0.25) is 4.79 Å². The van der Waals surface area contributed by atoms with Gasteiger partial charge >= 0.3 is 0 Å². The van der Waals surface area contributed by atoms with Crippen LogP contribution in [0.3, 0.4) is 0 Å². The maximum Gasteiger partial charge on any atom is 0.260 e. The van der Waals surface area contributed by atoms with E-state index in [0.717, 1.165) is 47.5 Å². The van der Waals surface area contributed by atoms with Gasteiger partial charge in [-0.05, 0) is 42.2 Å². The van der Waals surface area contributed by atoms with E-state index in [9.17, 15) is 4.79 Å². The summed E-state index contributed by atoms with van der Waals surface area (Å²) in [7, 11) is 0. The lowest BCUT2D eigenvalue weighted by atomic mass is 9.98. The molecule has 1 saturated heterocycles. The molecule has 1 atom stereocenters. The summed E-state index contributed by atoms with van der Waals surface area (Å²) in [5.41, 5.74) is 14.1. The molecule has 0 unspecified atom stereocenters. The van der Waals surface area contributed by atoms with E-state index in [1.54, 1.807) is 11.0 Å². The minimum absolute atomic E-state index is 0.374. The van der Waals surface area contributed by atoms with Crippen LogP contribution in [0.4, 0.5) is 11.4 Å². The van der Waals surface area contributed by atoms with Gasteiger partial charge in [-0.1, -0.05) is 0 Å². The number of thiophene rings is 1. The third-order valence-electron chi connectivity index (χ3n) is 5.10. The van der Waals surface area contributed by atoms with Crippen molar-refractivity contribution in [3.8, 4) is 0 Å². The molecule has 0 radical (unpaired) electrons. The molecular formula is C18H24N8O2S. The number of amides is 1. The number of primary amides is 1. The molecule has 0 aromatic carbocycles. The molecule has 0 saturated carbocycles. The van der Waals surface area contributed by atoms with E-state index >= 15 is 0 Å². The van der Waals surface area contributed by atoms with Crippen LogP contribution in [0.15, 0.2) is 12.4 Å². The highest BCUT2D eigenvalue weighted by atomic mass is 32.1. The van der Waals surface area contributed by atoms with Crippen molar-refractivity contribution in [2.45, 2.75) is 26.3 Å². The normalized spacial score (nSPS) is 17.1. The Hall–Kier alpha value is -2.79. The molecule has 154 valence electrons. The topological polar surface area (TPSA) is 138 Å². The number of hydrogen-bond donors (Lipinski definition) is 2. The third-order valence-corrected chi connectivity index (χ3v) is 6.21. The van der Waals surface area contributed by atoms with E-state index < -0.39 is 5.91 Å². The van der Waals surface area contributed by atoms with Gasteiger partial charge in [-0.2, -0.15) is 0 Å². The molecule has 1 aliphatic rings. The number of hydrogen-bond acceptors (Lipinski definition) is 9. The van der Waals surface area contributed by atoms with Crippen molar-refractivity contribution < 1.29 is 9.53 Å². The Kier molecular flexibility index (Phi) is 5.58.